The number of aromatic hydroxyl groups is 1. The van der Waals surface area contributed by atoms with E-state index in [1.54, 1.807) is 24.3 Å². The third-order valence-electron chi connectivity index (χ3n) is 4.00. The summed E-state index contributed by atoms with van der Waals surface area (Å²) in [6.45, 7) is -0.207. The maximum Gasteiger partial charge on any atom is 0.416 e. The fourth-order valence-electron chi connectivity index (χ4n) is 2.55. The van der Waals surface area contributed by atoms with Gasteiger partial charge in [-0.15, -0.1) is 0 Å². The van der Waals surface area contributed by atoms with E-state index in [1.807, 2.05) is 0 Å². The molecule has 0 amide bonds. The van der Waals surface area contributed by atoms with Gasteiger partial charge in [-0.2, -0.15) is 13.2 Å². The summed E-state index contributed by atoms with van der Waals surface area (Å²) >= 11 is 0.922. The molecule has 1 aromatic heterocycles. The lowest BCUT2D eigenvalue weighted by atomic mass is 10.1. The molecule has 148 valence electrons. The minimum Gasteiger partial charge on any atom is -0.494 e. The van der Waals surface area contributed by atoms with Crippen LogP contribution in [0.15, 0.2) is 53.3 Å². The number of aromatic nitrogens is 1. The topological polar surface area (TPSA) is 82.6 Å². The van der Waals surface area contributed by atoms with Crippen LogP contribution in [-0.2, 0) is 12.6 Å². The smallest absolute Gasteiger partial charge is 0.416 e. The lowest BCUT2D eigenvalue weighted by Gasteiger charge is -2.15. The summed E-state index contributed by atoms with van der Waals surface area (Å²) in [4.78, 5) is 13.7. The molecule has 0 aliphatic carbocycles. The van der Waals surface area contributed by atoms with E-state index in [0.717, 1.165) is 29.0 Å². The summed E-state index contributed by atoms with van der Waals surface area (Å²) in [5.41, 5.74) is 0.115. The van der Waals surface area contributed by atoms with Crippen molar-refractivity contribution in [2.24, 2.45) is 0 Å². The summed E-state index contributed by atoms with van der Waals surface area (Å²) in [6, 6.07) is 11.2. The second-order valence-corrected chi connectivity index (χ2v) is 7.12. The third kappa shape index (κ3) is 4.93. The van der Waals surface area contributed by atoms with Gasteiger partial charge in [0.15, 0.2) is 0 Å². The van der Waals surface area contributed by atoms with Gasteiger partial charge in [0.05, 0.1) is 10.4 Å². The zero-order chi connectivity index (χ0) is 20.3. The van der Waals surface area contributed by atoms with Gasteiger partial charge in [0, 0.05) is 6.42 Å². The van der Waals surface area contributed by atoms with Crippen LogP contribution in [0, 0.1) is 0 Å². The summed E-state index contributed by atoms with van der Waals surface area (Å²) < 4.78 is 43.7. The van der Waals surface area contributed by atoms with Gasteiger partial charge in [-0.3, -0.25) is 9.78 Å². The minimum atomic E-state index is -4.48. The van der Waals surface area contributed by atoms with Crippen LogP contribution < -0.4 is 9.61 Å². The Kier molecular flexibility index (Phi) is 5.76. The Bertz CT molecular complexity index is 995. The molecule has 0 radical (unpaired) electrons. The number of halogens is 3. The fourth-order valence-corrected chi connectivity index (χ4v) is 3.31. The molecule has 1 atom stereocenters. The second kappa shape index (κ2) is 8.07. The zero-order valence-corrected chi connectivity index (χ0v) is 15.2. The van der Waals surface area contributed by atoms with Crippen molar-refractivity contribution in [2.45, 2.75) is 18.7 Å². The summed E-state index contributed by atoms with van der Waals surface area (Å²) in [5, 5.41) is 19.7. The van der Waals surface area contributed by atoms with Crippen molar-refractivity contribution in [2.75, 3.05) is 6.61 Å². The van der Waals surface area contributed by atoms with Crippen molar-refractivity contribution >= 4 is 11.3 Å². The Morgan fingerprint density at radius 1 is 1.14 bits per heavy atom. The number of hydrogen-bond acceptors (Lipinski definition) is 5. The lowest BCUT2D eigenvalue weighted by Crippen LogP contribution is -2.12. The zero-order valence-electron chi connectivity index (χ0n) is 14.4. The molecular weight excluding hydrogens is 395 g/mol. The first-order valence-corrected chi connectivity index (χ1v) is 9.02. The first-order chi connectivity index (χ1) is 13.2. The molecule has 1 heterocycles. The van der Waals surface area contributed by atoms with E-state index in [9.17, 15) is 28.2 Å². The minimum absolute atomic E-state index is 0.115. The Balaban J connectivity index is 1.60. The van der Waals surface area contributed by atoms with E-state index in [2.05, 4.69) is 4.98 Å². The molecule has 0 saturated heterocycles. The molecule has 9 heteroatoms. The Hall–Kier alpha value is -2.78. The number of alkyl halides is 3. The van der Waals surface area contributed by atoms with Crippen molar-refractivity contribution in [3.8, 4) is 11.6 Å². The highest BCUT2D eigenvalue weighted by atomic mass is 32.1. The number of benzene rings is 2. The van der Waals surface area contributed by atoms with Crippen LogP contribution in [0.25, 0.3) is 0 Å². The number of aliphatic hydroxyl groups is 1. The predicted molar refractivity (Wildman–Crippen MR) is 97.8 cm³/mol. The van der Waals surface area contributed by atoms with E-state index >= 15 is 0 Å². The predicted octanol–water partition coefficient (Wildman–Crippen LogP) is 3.86. The molecule has 0 aliphatic rings. The van der Waals surface area contributed by atoms with Crippen LogP contribution >= 0.6 is 11.3 Å². The monoisotopic (exact) mass is 411 g/mol. The van der Waals surface area contributed by atoms with Crippen LogP contribution in [0.3, 0.4) is 0 Å². The standard InChI is InChI=1S/C19H16F3NO4S/c20-19(21,22)13-3-1-2-12(9-13)15(24)10-27-14-6-4-11(5-7-14)8-16-17(25)23-18(26)28-16/h1-7,9,15,24-25H,8,10H2,(H,23,26). The molecular formula is C19H16F3NO4S. The van der Waals surface area contributed by atoms with Gasteiger partial charge in [-0.05, 0) is 35.4 Å². The highest BCUT2D eigenvalue weighted by Gasteiger charge is 2.30. The first-order valence-electron chi connectivity index (χ1n) is 8.20. The van der Waals surface area contributed by atoms with Crippen molar-refractivity contribution < 1.29 is 28.1 Å². The molecule has 28 heavy (non-hydrogen) atoms. The van der Waals surface area contributed by atoms with E-state index < -0.39 is 17.8 Å². The highest BCUT2D eigenvalue weighted by molar-refractivity contribution is 7.09. The average Bonchev–Trinajstić information content (AvgIpc) is 2.97. The maximum atomic E-state index is 12.8. The molecule has 0 saturated carbocycles. The molecule has 1 unspecified atom stereocenters. The molecule has 0 bridgehead atoms. The number of ether oxygens (including phenoxy) is 1. The first kappa shape index (κ1) is 20.0. The molecule has 2 aromatic carbocycles. The second-order valence-electron chi connectivity index (χ2n) is 6.06. The highest BCUT2D eigenvalue weighted by Crippen LogP contribution is 2.31. The van der Waals surface area contributed by atoms with Gasteiger partial charge >= 0.3 is 11.0 Å². The van der Waals surface area contributed by atoms with Crippen LogP contribution in [-0.4, -0.2) is 21.8 Å². The SMILES string of the molecule is O=c1[nH]c(O)c(Cc2ccc(OCC(O)c3cccc(C(F)(F)F)c3)cc2)s1. The van der Waals surface area contributed by atoms with Gasteiger partial charge in [0.25, 0.3) is 0 Å². The lowest BCUT2D eigenvalue weighted by molar-refractivity contribution is -0.137. The molecule has 0 fully saturated rings. The van der Waals surface area contributed by atoms with Gasteiger partial charge < -0.3 is 14.9 Å². The molecule has 3 N–H and O–H groups in total. The maximum absolute atomic E-state index is 12.8. The summed E-state index contributed by atoms with van der Waals surface area (Å²) in [5.74, 6) is 0.279. The van der Waals surface area contributed by atoms with Crippen molar-refractivity contribution in [3.63, 3.8) is 0 Å². The largest absolute Gasteiger partial charge is 0.494 e. The summed E-state index contributed by atoms with van der Waals surface area (Å²) in [6.07, 6.45) is -5.33. The number of hydrogen-bond donors (Lipinski definition) is 3. The normalized spacial score (nSPS) is 12.7. The van der Waals surface area contributed by atoms with Crippen LogP contribution in [0.5, 0.6) is 11.6 Å². The number of nitrogens with one attached hydrogen (secondary N) is 1. The van der Waals surface area contributed by atoms with Crippen molar-refractivity contribution in [3.05, 3.63) is 79.8 Å². The quantitative estimate of drug-likeness (QED) is 0.575. The third-order valence-corrected chi connectivity index (χ3v) is 4.87. The van der Waals surface area contributed by atoms with Gasteiger partial charge in [0.2, 0.25) is 5.88 Å². The number of H-pyrrole nitrogens is 1. The van der Waals surface area contributed by atoms with E-state index in [1.165, 1.54) is 12.1 Å². The molecule has 0 spiro atoms. The van der Waals surface area contributed by atoms with Crippen LogP contribution in [0.2, 0.25) is 0 Å². The molecule has 5 nitrogen and oxygen atoms in total. The Morgan fingerprint density at radius 2 is 1.86 bits per heavy atom. The molecule has 3 aromatic rings. The Labute approximate surface area is 161 Å². The van der Waals surface area contributed by atoms with Gasteiger partial charge in [0.1, 0.15) is 18.5 Å². The van der Waals surface area contributed by atoms with Gasteiger partial charge in [-0.25, -0.2) is 0 Å². The molecule has 3 rings (SSSR count). The number of rotatable bonds is 6. The van der Waals surface area contributed by atoms with Gasteiger partial charge in [-0.1, -0.05) is 35.6 Å². The summed E-state index contributed by atoms with van der Waals surface area (Å²) in [7, 11) is 0. The Morgan fingerprint density at radius 3 is 2.46 bits per heavy atom. The van der Waals surface area contributed by atoms with Crippen molar-refractivity contribution in [1.82, 2.24) is 4.98 Å². The van der Waals surface area contributed by atoms with E-state index in [-0.39, 0.29) is 22.9 Å². The van der Waals surface area contributed by atoms with Crippen molar-refractivity contribution in [1.29, 1.82) is 0 Å². The number of aliphatic hydroxyl groups excluding tert-OH is 1. The number of thiazole rings is 1. The number of aromatic amines is 1. The van der Waals surface area contributed by atoms with Crippen LogP contribution in [0.4, 0.5) is 13.2 Å². The van der Waals surface area contributed by atoms with E-state index in [4.69, 9.17) is 4.74 Å². The molecule has 0 aliphatic heterocycles. The van der Waals surface area contributed by atoms with E-state index in [0.29, 0.717) is 17.0 Å². The average molecular weight is 411 g/mol. The van der Waals surface area contributed by atoms with Crippen LogP contribution in [0.1, 0.15) is 27.7 Å². The fraction of sp³-hybridized carbons (Fsp3) is 0.211.